The molecule has 0 aromatic carbocycles. The summed E-state index contributed by atoms with van der Waals surface area (Å²) in [6.45, 7) is -1.26. The summed E-state index contributed by atoms with van der Waals surface area (Å²) in [6, 6.07) is 3.56. The van der Waals surface area contributed by atoms with Gasteiger partial charge in [0.1, 0.15) is 0 Å². The lowest BCUT2D eigenvalue weighted by Crippen LogP contribution is -2.39. The molecule has 0 amide bonds. The molecule has 1 aromatic heterocycles. The van der Waals surface area contributed by atoms with Gasteiger partial charge in [-0.15, -0.1) is 0 Å². The lowest BCUT2D eigenvalue weighted by molar-refractivity contribution is -0.154. The third-order valence-electron chi connectivity index (χ3n) is 3.85. The quantitative estimate of drug-likeness (QED) is 0.489. The van der Waals surface area contributed by atoms with Crippen LogP contribution in [0.25, 0.3) is 0 Å². The summed E-state index contributed by atoms with van der Waals surface area (Å²) in [5.41, 5.74) is 6.36. The third kappa shape index (κ3) is 6.64. The van der Waals surface area contributed by atoms with Crippen LogP contribution in [0.5, 0.6) is 5.88 Å². The number of pyridine rings is 1. The number of nitrogens with zero attached hydrogens (tertiary/aromatic N) is 2. The maximum absolute atomic E-state index is 12.3. The number of ether oxygens (including phenoxy) is 1. The van der Waals surface area contributed by atoms with E-state index in [9.17, 15) is 13.2 Å². The molecular formula is C16H23F3N4O. The Bertz CT molecular complexity index is 540. The van der Waals surface area contributed by atoms with Crippen molar-refractivity contribution in [1.82, 2.24) is 10.3 Å². The second-order valence-electron chi connectivity index (χ2n) is 5.91. The van der Waals surface area contributed by atoms with E-state index in [-0.39, 0.29) is 12.4 Å². The zero-order valence-electron chi connectivity index (χ0n) is 13.5. The first kappa shape index (κ1) is 18.4. The zero-order valence-corrected chi connectivity index (χ0v) is 13.5. The molecule has 2 rings (SSSR count). The minimum Gasteiger partial charge on any atom is -0.468 e. The van der Waals surface area contributed by atoms with Gasteiger partial charge in [-0.1, -0.05) is 31.7 Å². The van der Waals surface area contributed by atoms with Gasteiger partial charge in [-0.05, 0) is 18.9 Å². The van der Waals surface area contributed by atoms with E-state index in [4.69, 9.17) is 10.5 Å². The average molecular weight is 344 g/mol. The smallest absolute Gasteiger partial charge is 0.422 e. The van der Waals surface area contributed by atoms with Gasteiger partial charge in [-0.25, -0.2) is 9.98 Å². The largest absolute Gasteiger partial charge is 0.468 e. The molecule has 134 valence electrons. The summed E-state index contributed by atoms with van der Waals surface area (Å²) in [5, 5.41) is 3.19. The van der Waals surface area contributed by atoms with E-state index in [1.165, 1.54) is 31.9 Å². The first-order chi connectivity index (χ1) is 11.4. The molecule has 0 bridgehead atoms. The van der Waals surface area contributed by atoms with Crippen LogP contribution in [-0.2, 0) is 6.54 Å². The Labute approximate surface area is 139 Å². The minimum absolute atomic E-state index is 0.0687. The Morgan fingerprint density at radius 2 is 2.00 bits per heavy atom. The third-order valence-corrected chi connectivity index (χ3v) is 3.85. The van der Waals surface area contributed by atoms with Gasteiger partial charge < -0.3 is 15.8 Å². The topological polar surface area (TPSA) is 72.5 Å². The maximum Gasteiger partial charge on any atom is 0.422 e. The lowest BCUT2D eigenvalue weighted by atomic mass is 10.1. The van der Waals surface area contributed by atoms with Crippen molar-refractivity contribution in [2.45, 2.75) is 57.3 Å². The number of rotatable bonds is 5. The highest BCUT2D eigenvalue weighted by Crippen LogP contribution is 2.20. The van der Waals surface area contributed by atoms with Gasteiger partial charge in [-0.2, -0.15) is 13.2 Å². The van der Waals surface area contributed by atoms with Crippen molar-refractivity contribution >= 4 is 5.96 Å². The number of aliphatic imine (C=N–C) groups is 1. The molecule has 0 spiro atoms. The van der Waals surface area contributed by atoms with Gasteiger partial charge in [0, 0.05) is 17.8 Å². The number of hydrogen-bond donors (Lipinski definition) is 2. The minimum atomic E-state index is -4.40. The van der Waals surface area contributed by atoms with Crippen LogP contribution in [0.15, 0.2) is 23.3 Å². The van der Waals surface area contributed by atoms with E-state index >= 15 is 0 Å². The Morgan fingerprint density at radius 1 is 1.29 bits per heavy atom. The molecule has 0 unspecified atom stereocenters. The number of halogens is 3. The summed E-state index contributed by atoms with van der Waals surface area (Å²) in [6.07, 6.45) is 3.91. The van der Waals surface area contributed by atoms with Crippen molar-refractivity contribution < 1.29 is 17.9 Å². The van der Waals surface area contributed by atoms with Crippen LogP contribution < -0.4 is 15.8 Å². The number of nitrogens with one attached hydrogen (secondary N) is 1. The predicted molar refractivity (Wildman–Crippen MR) is 85.7 cm³/mol. The van der Waals surface area contributed by atoms with Crippen LogP contribution in [0.4, 0.5) is 13.2 Å². The van der Waals surface area contributed by atoms with Crippen LogP contribution in [0.3, 0.4) is 0 Å². The molecule has 0 saturated heterocycles. The molecular weight excluding hydrogens is 321 g/mol. The van der Waals surface area contributed by atoms with E-state index < -0.39 is 12.8 Å². The highest BCUT2D eigenvalue weighted by Gasteiger charge is 2.29. The first-order valence-corrected chi connectivity index (χ1v) is 8.14. The fraction of sp³-hybridized carbons (Fsp3) is 0.625. The molecule has 0 radical (unpaired) electrons. The molecule has 1 aromatic rings. The molecule has 0 atom stereocenters. The summed E-state index contributed by atoms with van der Waals surface area (Å²) >= 11 is 0. The number of hydrogen-bond acceptors (Lipinski definition) is 3. The summed E-state index contributed by atoms with van der Waals surface area (Å²) in [5.74, 6) is 0.230. The maximum atomic E-state index is 12.3. The molecule has 24 heavy (non-hydrogen) atoms. The van der Waals surface area contributed by atoms with Crippen LogP contribution >= 0.6 is 0 Å². The van der Waals surface area contributed by atoms with Gasteiger partial charge in [0.15, 0.2) is 12.6 Å². The van der Waals surface area contributed by atoms with Crippen LogP contribution in [0.2, 0.25) is 0 Å². The number of nitrogens with two attached hydrogens (primary N) is 1. The molecule has 1 fully saturated rings. The highest BCUT2D eigenvalue weighted by atomic mass is 19.4. The fourth-order valence-corrected chi connectivity index (χ4v) is 2.67. The van der Waals surface area contributed by atoms with Gasteiger partial charge >= 0.3 is 6.18 Å². The second kappa shape index (κ2) is 8.75. The monoisotopic (exact) mass is 344 g/mol. The molecule has 1 saturated carbocycles. The van der Waals surface area contributed by atoms with E-state index in [1.807, 2.05) is 0 Å². The first-order valence-electron chi connectivity index (χ1n) is 8.14. The van der Waals surface area contributed by atoms with Crippen molar-refractivity contribution in [1.29, 1.82) is 0 Å². The second-order valence-corrected chi connectivity index (χ2v) is 5.91. The van der Waals surface area contributed by atoms with Gasteiger partial charge in [0.05, 0.1) is 6.54 Å². The van der Waals surface area contributed by atoms with Crippen molar-refractivity contribution in [3.8, 4) is 5.88 Å². The summed E-state index contributed by atoms with van der Waals surface area (Å²) < 4.78 is 41.5. The molecule has 3 N–H and O–H groups in total. The van der Waals surface area contributed by atoms with Crippen LogP contribution in [0, 0.1) is 0 Å². The lowest BCUT2D eigenvalue weighted by Gasteiger charge is -2.17. The van der Waals surface area contributed by atoms with E-state index in [0.717, 1.165) is 12.8 Å². The van der Waals surface area contributed by atoms with Gasteiger partial charge in [0.2, 0.25) is 5.88 Å². The number of guanidine groups is 1. The normalized spacial score (nSPS) is 17.4. The number of alkyl halides is 3. The zero-order chi connectivity index (χ0) is 17.4. The predicted octanol–water partition coefficient (Wildman–Crippen LogP) is 3.15. The summed E-state index contributed by atoms with van der Waals surface area (Å²) in [4.78, 5) is 8.04. The molecule has 8 heteroatoms. The average Bonchev–Trinajstić information content (AvgIpc) is 2.79. The standard InChI is InChI=1S/C16H23F3N4O/c17-16(18,19)11-24-14-12(6-5-9-21-14)10-22-15(20)23-13-7-3-1-2-4-8-13/h5-6,9,13H,1-4,7-8,10-11H2,(H3,20,22,23). The Morgan fingerprint density at radius 3 is 2.67 bits per heavy atom. The van der Waals surface area contributed by atoms with Crippen LogP contribution in [-0.4, -0.2) is 29.8 Å². The SMILES string of the molecule is NC(=NCc1cccnc1OCC(F)(F)F)NC1CCCCCC1. The fourth-order valence-electron chi connectivity index (χ4n) is 2.67. The highest BCUT2D eigenvalue weighted by molar-refractivity contribution is 5.78. The van der Waals surface area contributed by atoms with Crippen molar-refractivity contribution in [2.75, 3.05) is 6.61 Å². The van der Waals surface area contributed by atoms with Gasteiger partial charge in [-0.3, -0.25) is 0 Å². The van der Waals surface area contributed by atoms with Crippen molar-refractivity contribution in [2.24, 2.45) is 10.7 Å². The van der Waals surface area contributed by atoms with E-state index in [2.05, 4.69) is 15.3 Å². The Kier molecular flexibility index (Phi) is 6.69. The van der Waals surface area contributed by atoms with E-state index in [1.54, 1.807) is 12.1 Å². The molecule has 1 aliphatic carbocycles. The Balaban J connectivity index is 1.92. The molecule has 1 aliphatic rings. The molecule has 5 nitrogen and oxygen atoms in total. The van der Waals surface area contributed by atoms with Crippen molar-refractivity contribution in [3.63, 3.8) is 0 Å². The van der Waals surface area contributed by atoms with Crippen LogP contribution in [0.1, 0.15) is 44.1 Å². The Hall–Kier alpha value is -1.99. The van der Waals surface area contributed by atoms with E-state index in [0.29, 0.717) is 17.6 Å². The summed E-state index contributed by atoms with van der Waals surface area (Å²) in [7, 11) is 0. The van der Waals surface area contributed by atoms with Gasteiger partial charge in [0.25, 0.3) is 0 Å². The molecule has 0 aliphatic heterocycles. The molecule has 1 heterocycles. The number of aromatic nitrogens is 1. The van der Waals surface area contributed by atoms with Crippen molar-refractivity contribution in [3.05, 3.63) is 23.9 Å².